The Balaban J connectivity index is 2.15. The standard InChI is InChI=1S/C16H22O2/c1-10(2)16-8-6-15(3,7-9-16)13-11(17)4-5-12(18)14(13)16/h4-5,10,13-14H,6-9H2,1-3H3/t13-,14+,15?,16?/m1/s1. The topological polar surface area (TPSA) is 34.1 Å². The van der Waals surface area contributed by atoms with Crippen molar-refractivity contribution in [1.29, 1.82) is 0 Å². The maximum Gasteiger partial charge on any atom is 0.160 e. The number of allylic oxidation sites excluding steroid dienone is 2. The lowest BCUT2D eigenvalue weighted by molar-refractivity contribution is -0.167. The summed E-state index contributed by atoms with van der Waals surface area (Å²) in [4.78, 5) is 24.7. The second-order valence-electron chi connectivity index (χ2n) is 7.14. The fourth-order valence-corrected chi connectivity index (χ4v) is 4.91. The third-order valence-corrected chi connectivity index (χ3v) is 6.20. The molecule has 0 aromatic rings. The van der Waals surface area contributed by atoms with Gasteiger partial charge >= 0.3 is 0 Å². The monoisotopic (exact) mass is 246 g/mol. The van der Waals surface area contributed by atoms with Crippen LogP contribution in [0, 0.1) is 28.6 Å². The number of fused-ring (bicyclic) bond motifs is 2. The smallest absolute Gasteiger partial charge is 0.160 e. The first-order chi connectivity index (χ1) is 8.41. The average molecular weight is 246 g/mol. The van der Waals surface area contributed by atoms with E-state index in [0.29, 0.717) is 5.92 Å². The van der Waals surface area contributed by atoms with Gasteiger partial charge in [-0.3, -0.25) is 9.59 Å². The molecule has 0 saturated heterocycles. The van der Waals surface area contributed by atoms with Crippen LogP contribution in [0.15, 0.2) is 12.2 Å². The Labute approximate surface area is 109 Å². The summed E-state index contributed by atoms with van der Waals surface area (Å²) in [5.74, 6) is 0.811. The predicted molar refractivity (Wildman–Crippen MR) is 70.0 cm³/mol. The fraction of sp³-hybridized carbons (Fsp3) is 0.750. The molecule has 0 aromatic carbocycles. The molecule has 0 radical (unpaired) electrons. The lowest BCUT2D eigenvalue weighted by Crippen LogP contribution is -2.60. The van der Waals surface area contributed by atoms with Crippen molar-refractivity contribution in [3.63, 3.8) is 0 Å². The highest BCUT2D eigenvalue weighted by atomic mass is 16.1. The first-order valence-electron chi connectivity index (χ1n) is 7.16. The second kappa shape index (κ2) is 3.55. The van der Waals surface area contributed by atoms with Gasteiger partial charge in [0.05, 0.1) is 0 Å². The maximum absolute atomic E-state index is 12.4. The van der Waals surface area contributed by atoms with Crippen molar-refractivity contribution < 1.29 is 9.59 Å². The zero-order chi connectivity index (χ0) is 13.1. The second-order valence-corrected chi connectivity index (χ2v) is 7.14. The third-order valence-electron chi connectivity index (χ3n) is 6.20. The van der Waals surface area contributed by atoms with Crippen molar-refractivity contribution in [2.24, 2.45) is 28.6 Å². The Morgan fingerprint density at radius 2 is 1.50 bits per heavy atom. The van der Waals surface area contributed by atoms with E-state index in [1.165, 1.54) is 12.2 Å². The van der Waals surface area contributed by atoms with E-state index in [9.17, 15) is 9.59 Å². The molecule has 2 nitrogen and oxygen atoms in total. The number of hydrogen-bond acceptors (Lipinski definition) is 2. The lowest BCUT2D eigenvalue weighted by Gasteiger charge is -2.62. The summed E-state index contributed by atoms with van der Waals surface area (Å²) in [6.07, 6.45) is 7.53. The summed E-state index contributed by atoms with van der Waals surface area (Å²) in [7, 11) is 0. The molecule has 4 aliphatic rings. The molecule has 98 valence electrons. The minimum absolute atomic E-state index is 0.0394. The van der Waals surface area contributed by atoms with E-state index in [2.05, 4.69) is 20.8 Å². The SMILES string of the molecule is CC(C)C12CCC(C)(CC1)[C@@H]1C(=O)C=CC(=O)[C@@H]12. The molecule has 3 fully saturated rings. The van der Waals surface area contributed by atoms with Gasteiger partial charge in [-0.15, -0.1) is 0 Å². The summed E-state index contributed by atoms with van der Waals surface area (Å²) >= 11 is 0. The summed E-state index contributed by atoms with van der Waals surface area (Å²) < 4.78 is 0. The molecule has 2 heteroatoms. The van der Waals surface area contributed by atoms with E-state index in [-0.39, 0.29) is 34.2 Å². The molecule has 4 aliphatic carbocycles. The Bertz CT molecular complexity index is 436. The van der Waals surface area contributed by atoms with Crippen LogP contribution in [0.5, 0.6) is 0 Å². The van der Waals surface area contributed by atoms with Crippen LogP contribution in [-0.2, 0) is 9.59 Å². The summed E-state index contributed by atoms with van der Waals surface area (Å²) in [6, 6.07) is 0. The van der Waals surface area contributed by atoms with Crippen LogP contribution >= 0.6 is 0 Å². The van der Waals surface area contributed by atoms with E-state index in [1.807, 2.05) is 0 Å². The highest BCUT2D eigenvalue weighted by Crippen LogP contribution is 2.66. The van der Waals surface area contributed by atoms with Crippen molar-refractivity contribution >= 4 is 11.6 Å². The van der Waals surface area contributed by atoms with Crippen molar-refractivity contribution in [1.82, 2.24) is 0 Å². The molecule has 0 N–H and O–H groups in total. The van der Waals surface area contributed by atoms with Gasteiger partial charge < -0.3 is 0 Å². The van der Waals surface area contributed by atoms with Crippen LogP contribution in [0.3, 0.4) is 0 Å². The van der Waals surface area contributed by atoms with Crippen LogP contribution in [0.2, 0.25) is 0 Å². The molecule has 4 rings (SSSR count). The molecule has 0 unspecified atom stereocenters. The predicted octanol–water partition coefficient (Wildman–Crippen LogP) is 3.16. The van der Waals surface area contributed by atoms with E-state index < -0.39 is 0 Å². The van der Waals surface area contributed by atoms with Gasteiger partial charge in [-0.2, -0.15) is 0 Å². The Morgan fingerprint density at radius 3 is 2.00 bits per heavy atom. The Hall–Kier alpha value is -0.920. The normalized spacial score (nSPS) is 46.7. The van der Waals surface area contributed by atoms with E-state index in [4.69, 9.17) is 0 Å². The van der Waals surface area contributed by atoms with Crippen LogP contribution in [-0.4, -0.2) is 11.6 Å². The summed E-state index contributed by atoms with van der Waals surface area (Å²) in [5.41, 5.74) is 0.152. The average Bonchev–Trinajstić information content (AvgIpc) is 2.34. The zero-order valence-electron chi connectivity index (χ0n) is 11.5. The van der Waals surface area contributed by atoms with Crippen LogP contribution < -0.4 is 0 Å². The number of carbonyl (C=O) groups excluding carboxylic acids is 2. The molecule has 18 heavy (non-hydrogen) atoms. The number of ketones is 2. The van der Waals surface area contributed by atoms with Crippen molar-refractivity contribution in [2.75, 3.05) is 0 Å². The molecule has 0 spiro atoms. The molecule has 2 bridgehead atoms. The highest BCUT2D eigenvalue weighted by molar-refractivity contribution is 6.08. The highest BCUT2D eigenvalue weighted by Gasteiger charge is 2.63. The maximum atomic E-state index is 12.4. The minimum atomic E-state index is -0.0418. The third kappa shape index (κ3) is 1.29. The molecular weight excluding hydrogens is 224 g/mol. The molecule has 3 saturated carbocycles. The van der Waals surface area contributed by atoms with Gasteiger partial charge in [0.2, 0.25) is 0 Å². The Morgan fingerprint density at radius 1 is 1.00 bits per heavy atom. The van der Waals surface area contributed by atoms with Crippen molar-refractivity contribution in [3.8, 4) is 0 Å². The number of rotatable bonds is 1. The molecule has 0 heterocycles. The van der Waals surface area contributed by atoms with E-state index in [1.54, 1.807) is 0 Å². The molecular formula is C16H22O2. The van der Waals surface area contributed by atoms with Crippen LogP contribution in [0.1, 0.15) is 46.5 Å². The zero-order valence-corrected chi connectivity index (χ0v) is 11.5. The molecule has 0 aromatic heterocycles. The number of hydrogen-bond donors (Lipinski definition) is 0. The van der Waals surface area contributed by atoms with Gasteiger partial charge in [-0.05, 0) is 54.6 Å². The first kappa shape index (κ1) is 12.1. The van der Waals surface area contributed by atoms with Gasteiger partial charge in [0.1, 0.15) is 0 Å². The van der Waals surface area contributed by atoms with Gasteiger partial charge in [0.15, 0.2) is 11.6 Å². The summed E-state index contributed by atoms with van der Waals surface area (Å²) in [6.45, 7) is 6.67. The van der Waals surface area contributed by atoms with Gasteiger partial charge in [-0.25, -0.2) is 0 Å². The summed E-state index contributed by atoms with van der Waals surface area (Å²) in [5, 5.41) is 0. The van der Waals surface area contributed by atoms with Crippen molar-refractivity contribution in [2.45, 2.75) is 46.5 Å². The molecule has 0 amide bonds. The quantitative estimate of drug-likeness (QED) is 0.712. The van der Waals surface area contributed by atoms with Crippen LogP contribution in [0.25, 0.3) is 0 Å². The molecule has 0 aliphatic heterocycles. The largest absolute Gasteiger partial charge is 0.294 e. The van der Waals surface area contributed by atoms with Gasteiger partial charge in [0, 0.05) is 11.8 Å². The van der Waals surface area contributed by atoms with Crippen LogP contribution in [0.4, 0.5) is 0 Å². The van der Waals surface area contributed by atoms with E-state index in [0.717, 1.165) is 25.7 Å². The number of carbonyl (C=O) groups is 2. The fourth-order valence-electron chi connectivity index (χ4n) is 4.91. The Kier molecular flexibility index (Phi) is 2.39. The lowest BCUT2D eigenvalue weighted by atomic mass is 9.40. The molecule has 2 atom stereocenters. The van der Waals surface area contributed by atoms with Gasteiger partial charge in [-0.1, -0.05) is 20.8 Å². The minimum Gasteiger partial charge on any atom is -0.294 e. The van der Waals surface area contributed by atoms with E-state index >= 15 is 0 Å². The van der Waals surface area contributed by atoms with Crippen molar-refractivity contribution in [3.05, 3.63) is 12.2 Å². The first-order valence-corrected chi connectivity index (χ1v) is 7.16. The van der Waals surface area contributed by atoms with Gasteiger partial charge in [0.25, 0.3) is 0 Å².